The van der Waals surface area contributed by atoms with Crippen LogP contribution in [-0.2, 0) is 0 Å². The van der Waals surface area contributed by atoms with Crippen LogP contribution in [0.4, 0.5) is 11.4 Å². The van der Waals surface area contributed by atoms with Crippen molar-refractivity contribution in [3.63, 3.8) is 0 Å². The van der Waals surface area contributed by atoms with Gasteiger partial charge in [-0.25, -0.2) is 0 Å². The lowest BCUT2D eigenvalue weighted by Crippen LogP contribution is -2.37. The average Bonchev–Trinajstić information content (AvgIpc) is 2.46. The SMILES string of the molecule is Cl.Nc1cccc(C(=O)N(CC2CCC2)c2ccccc2)c1. The smallest absolute Gasteiger partial charge is 0.258 e. The molecular weight excluding hydrogens is 296 g/mol. The number of rotatable bonds is 4. The zero-order chi connectivity index (χ0) is 14.7. The van der Waals surface area contributed by atoms with Gasteiger partial charge in [0.1, 0.15) is 0 Å². The average molecular weight is 317 g/mol. The Morgan fingerprint density at radius 3 is 2.41 bits per heavy atom. The van der Waals surface area contributed by atoms with Crippen LogP contribution in [0.25, 0.3) is 0 Å². The zero-order valence-corrected chi connectivity index (χ0v) is 13.3. The predicted octanol–water partition coefficient (Wildman–Crippen LogP) is 4.14. The molecule has 0 bridgehead atoms. The Labute approximate surface area is 137 Å². The summed E-state index contributed by atoms with van der Waals surface area (Å²) < 4.78 is 0. The lowest BCUT2D eigenvalue weighted by Gasteiger charge is -2.32. The Bertz CT molecular complexity index is 626. The van der Waals surface area contributed by atoms with Gasteiger partial charge in [-0.05, 0) is 49.1 Å². The maximum absolute atomic E-state index is 12.8. The molecule has 3 rings (SSSR count). The number of nitrogen functional groups attached to an aromatic ring is 1. The number of halogens is 1. The quantitative estimate of drug-likeness (QED) is 0.862. The molecule has 1 aliphatic carbocycles. The number of hydrogen-bond acceptors (Lipinski definition) is 2. The molecule has 2 N–H and O–H groups in total. The van der Waals surface area contributed by atoms with E-state index in [0.29, 0.717) is 17.2 Å². The van der Waals surface area contributed by atoms with Crippen molar-refractivity contribution in [1.82, 2.24) is 0 Å². The molecule has 116 valence electrons. The summed E-state index contributed by atoms with van der Waals surface area (Å²) in [7, 11) is 0. The minimum Gasteiger partial charge on any atom is -0.399 e. The summed E-state index contributed by atoms with van der Waals surface area (Å²) in [5.41, 5.74) is 8.03. The zero-order valence-electron chi connectivity index (χ0n) is 12.4. The first-order valence-electron chi connectivity index (χ1n) is 7.46. The topological polar surface area (TPSA) is 46.3 Å². The Morgan fingerprint density at radius 2 is 1.82 bits per heavy atom. The van der Waals surface area contributed by atoms with Crippen LogP contribution in [0.15, 0.2) is 54.6 Å². The Morgan fingerprint density at radius 1 is 1.09 bits per heavy atom. The fraction of sp³-hybridized carbons (Fsp3) is 0.278. The van der Waals surface area contributed by atoms with Gasteiger partial charge >= 0.3 is 0 Å². The van der Waals surface area contributed by atoms with Crippen molar-refractivity contribution in [1.29, 1.82) is 0 Å². The number of para-hydroxylation sites is 1. The lowest BCUT2D eigenvalue weighted by atomic mass is 9.85. The second-order valence-electron chi connectivity index (χ2n) is 5.67. The molecule has 1 aliphatic rings. The molecule has 0 radical (unpaired) electrons. The summed E-state index contributed by atoms with van der Waals surface area (Å²) in [6.45, 7) is 0.789. The minimum atomic E-state index is 0. The summed E-state index contributed by atoms with van der Waals surface area (Å²) in [4.78, 5) is 14.7. The van der Waals surface area contributed by atoms with Gasteiger partial charge in [-0.2, -0.15) is 0 Å². The number of nitrogens with two attached hydrogens (primary N) is 1. The molecule has 1 fully saturated rings. The van der Waals surface area contributed by atoms with Crippen molar-refractivity contribution in [3.05, 3.63) is 60.2 Å². The van der Waals surface area contributed by atoms with Crippen molar-refractivity contribution >= 4 is 29.7 Å². The molecule has 4 heteroatoms. The van der Waals surface area contributed by atoms with Crippen LogP contribution in [0.3, 0.4) is 0 Å². The van der Waals surface area contributed by atoms with Gasteiger partial charge in [0.15, 0.2) is 0 Å². The van der Waals surface area contributed by atoms with Crippen LogP contribution < -0.4 is 10.6 Å². The van der Waals surface area contributed by atoms with Crippen molar-refractivity contribution in [3.8, 4) is 0 Å². The molecular formula is C18H21ClN2O. The van der Waals surface area contributed by atoms with Crippen LogP contribution >= 0.6 is 12.4 Å². The Hall–Kier alpha value is -2.00. The number of benzene rings is 2. The van der Waals surface area contributed by atoms with E-state index >= 15 is 0 Å². The molecule has 0 aromatic heterocycles. The van der Waals surface area contributed by atoms with Crippen LogP contribution in [0, 0.1) is 5.92 Å². The molecule has 1 amide bonds. The van der Waals surface area contributed by atoms with Crippen molar-refractivity contribution < 1.29 is 4.79 Å². The minimum absolute atomic E-state index is 0. The molecule has 0 unspecified atom stereocenters. The second kappa shape index (κ2) is 7.32. The normalized spacial score (nSPS) is 13.8. The van der Waals surface area contributed by atoms with Crippen LogP contribution in [-0.4, -0.2) is 12.5 Å². The lowest BCUT2D eigenvalue weighted by molar-refractivity contribution is 0.0977. The first-order chi connectivity index (χ1) is 10.2. The molecule has 0 aliphatic heterocycles. The van der Waals surface area contributed by atoms with Gasteiger partial charge in [0.25, 0.3) is 5.91 Å². The van der Waals surface area contributed by atoms with Crippen LogP contribution in [0.1, 0.15) is 29.6 Å². The fourth-order valence-electron chi connectivity index (χ4n) is 2.67. The fourth-order valence-corrected chi connectivity index (χ4v) is 2.67. The van der Waals surface area contributed by atoms with E-state index in [1.807, 2.05) is 47.4 Å². The second-order valence-corrected chi connectivity index (χ2v) is 5.67. The third kappa shape index (κ3) is 3.60. The van der Waals surface area contributed by atoms with Crippen molar-refractivity contribution in [2.75, 3.05) is 17.2 Å². The van der Waals surface area contributed by atoms with Crippen molar-refractivity contribution in [2.24, 2.45) is 5.92 Å². The summed E-state index contributed by atoms with van der Waals surface area (Å²) >= 11 is 0. The van der Waals surface area contributed by atoms with Gasteiger partial charge in [-0.3, -0.25) is 4.79 Å². The molecule has 1 saturated carbocycles. The van der Waals surface area contributed by atoms with E-state index < -0.39 is 0 Å². The summed E-state index contributed by atoms with van der Waals surface area (Å²) in [6, 6.07) is 17.1. The van der Waals surface area contributed by atoms with Gasteiger partial charge in [-0.1, -0.05) is 30.7 Å². The summed E-state index contributed by atoms with van der Waals surface area (Å²) in [6.07, 6.45) is 3.71. The predicted molar refractivity (Wildman–Crippen MR) is 93.6 cm³/mol. The molecule has 0 spiro atoms. The highest BCUT2D eigenvalue weighted by atomic mass is 35.5. The maximum atomic E-state index is 12.8. The van der Waals surface area contributed by atoms with Gasteiger partial charge in [0.2, 0.25) is 0 Å². The number of nitrogens with zero attached hydrogens (tertiary/aromatic N) is 1. The molecule has 2 aromatic rings. The summed E-state index contributed by atoms with van der Waals surface area (Å²) in [5.74, 6) is 0.649. The Kier molecular flexibility index (Phi) is 5.45. The van der Waals surface area contributed by atoms with Gasteiger partial charge in [0, 0.05) is 23.5 Å². The van der Waals surface area contributed by atoms with Crippen LogP contribution in [0.5, 0.6) is 0 Å². The number of carbonyl (C=O) groups excluding carboxylic acids is 1. The number of hydrogen-bond donors (Lipinski definition) is 1. The van der Waals surface area contributed by atoms with E-state index in [9.17, 15) is 4.79 Å². The molecule has 0 heterocycles. The van der Waals surface area contributed by atoms with E-state index in [1.54, 1.807) is 12.1 Å². The third-order valence-electron chi connectivity index (χ3n) is 4.11. The number of anilines is 2. The largest absolute Gasteiger partial charge is 0.399 e. The standard InChI is InChI=1S/C18H20N2O.ClH/c19-16-9-5-8-15(12-16)18(21)20(13-14-6-4-7-14)17-10-2-1-3-11-17;/h1-3,5,8-12,14H,4,6-7,13,19H2;1H. The molecule has 0 atom stereocenters. The van der Waals surface area contributed by atoms with E-state index in [4.69, 9.17) is 5.73 Å². The molecule has 0 saturated heterocycles. The highest BCUT2D eigenvalue weighted by Crippen LogP contribution is 2.29. The molecule has 2 aromatic carbocycles. The van der Waals surface area contributed by atoms with E-state index in [0.717, 1.165) is 12.2 Å². The molecule has 3 nitrogen and oxygen atoms in total. The number of amides is 1. The third-order valence-corrected chi connectivity index (χ3v) is 4.11. The summed E-state index contributed by atoms with van der Waals surface area (Å²) in [5, 5.41) is 0. The first kappa shape index (κ1) is 16.4. The highest BCUT2D eigenvalue weighted by molar-refractivity contribution is 6.06. The van der Waals surface area contributed by atoms with Gasteiger partial charge in [0.05, 0.1) is 0 Å². The van der Waals surface area contributed by atoms with E-state index in [-0.39, 0.29) is 18.3 Å². The Balaban J connectivity index is 0.00000176. The number of carbonyl (C=O) groups is 1. The van der Waals surface area contributed by atoms with Crippen molar-refractivity contribution in [2.45, 2.75) is 19.3 Å². The highest BCUT2D eigenvalue weighted by Gasteiger charge is 2.25. The maximum Gasteiger partial charge on any atom is 0.258 e. The monoisotopic (exact) mass is 316 g/mol. The van der Waals surface area contributed by atoms with E-state index in [1.165, 1.54) is 19.3 Å². The van der Waals surface area contributed by atoms with E-state index in [2.05, 4.69) is 0 Å². The molecule has 22 heavy (non-hydrogen) atoms. The van der Waals surface area contributed by atoms with Crippen LogP contribution in [0.2, 0.25) is 0 Å². The first-order valence-corrected chi connectivity index (χ1v) is 7.46. The van der Waals surface area contributed by atoms with Gasteiger partial charge < -0.3 is 10.6 Å². The van der Waals surface area contributed by atoms with Gasteiger partial charge in [-0.15, -0.1) is 12.4 Å².